The average Bonchev–Trinajstić information content (AvgIpc) is 2.74. The Morgan fingerprint density at radius 1 is 0.964 bits per heavy atom. The van der Waals surface area contributed by atoms with Crippen molar-refractivity contribution in [3.05, 3.63) is 95.6 Å². The molecule has 0 spiro atoms. The molecule has 3 aromatic carbocycles. The molecule has 0 aliphatic carbocycles. The van der Waals surface area contributed by atoms with Crippen LogP contribution in [0.2, 0.25) is 0 Å². The lowest BCUT2D eigenvalue weighted by Gasteiger charge is -2.35. The summed E-state index contributed by atoms with van der Waals surface area (Å²) in [5.41, 5.74) is 1.92. The third-order valence-electron chi connectivity index (χ3n) is 4.68. The molecule has 1 aliphatic rings. The Morgan fingerprint density at radius 3 is 2.36 bits per heavy atom. The molecular weight excluding hydrogens is 354 g/mol. The van der Waals surface area contributed by atoms with Gasteiger partial charge in [0.1, 0.15) is 11.5 Å². The number of para-hydroxylation sites is 1. The maximum Gasteiger partial charge on any atom is 0.267 e. The van der Waals surface area contributed by atoms with Crippen molar-refractivity contribution < 1.29 is 19.1 Å². The Bertz CT molecular complexity index is 999. The average molecular weight is 373 g/mol. The molecule has 3 aromatic rings. The first-order valence-corrected chi connectivity index (χ1v) is 8.97. The van der Waals surface area contributed by atoms with Crippen molar-refractivity contribution in [3.8, 4) is 11.5 Å². The predicted molar refractivity (Wildman–Crippen MR) is 104 cm³/mol. The highest BCUT2D eigenvalue weighted by molar-refractivity contribution is 6.07. The minimum atomic E-state index is -0.829. The Balaban J connectivity index is 1.72. The molecule has 0 saturated carbocycles. The van der Waals surface area contributed by atoms with Crippen LogP contribution in [0.1, 0.15) is 27.7 Å². The van der Waals surface area contributed by atoms with Crippen molar-refractivity contribution >= 4 is 11.8 Å². The van der Waals surface area contributed by atoms with E-state index in [0.717, 1.165) is 5.56 Å². The van der Waals surface area contributed by atoms with Crippen LogP contribution in [-0.4, -0.2) is 23.8 Å². The standard InChI is InChI=1S/C23H19NO4/c1-27-18-13-11-17(12-14-18)23-24(21(25)15-16-7-3-2-4-8-16)22(26)19-9-5-6-10-20(19)28-23/h2-14,23H,15H2,1H3/t23-/m1/s1. The van der Waals surface area contributed by atoms with E-state index in [4.69, 9.17) is 9.47 Å². The highest BCUT2D eigenvalue weighted by Crippen LogP contribution is 2.36. The van der Waals surface area contributed by atoms with E-state index in [0.29, 0.717) is 22.6 Å². The maximum absolute atomic E-state index is 13.2. The molecule has 0 bridgehead atoms. The van der Waals surface area contributed by atoms with Gasteiger partial charge in [0, 0.05) is 5.56 Å². The van der Waals surface area contributed by atoms with E-state index in [1.807, 2.05) is 30.3 Å². The minimum Gasteiger partial charge on any atom is -0.497 e. The summed E-state index contributed by atoms with van der Waals surface area (Å²) in [7, 11) is 1.58. The van der Waals surface area contributed by atoms with Crippen LogP contribution in [0, 0.1) is 0 Å². The van der Waals surface area contributed by atoms with Gasteiger partial charge in [-0.2, -0.15) is 0 Å². The third-order valence-corrected chi connectivity index (χ3v) is 4.68. The summed E-state index contributed by atoms with van der Waals surface area (Å²) < 4.78 is 11.3. The van der Waals surface area contributed by atoms with Gasteiger partial charge in [0.05, 0.1) is 19.1 Å². The van der Waals surface area contributed by atoms with Crippen molar-refractivity contribution in [2.75, 3.05) is 7.11 Å². The SMILES string of the molecule is COc1ccc([C@H]2Oc3ccccc3C(=O)N2C(=O)Cc2ccccc2)cc1. The van der Waals surface area contributed by atoms with Gasteiger partial charge < -0.3 is 9.47 Å². The van der Waals surface area contributed by atoms with E-state index in [9.17, 15) is 9.59 Å². The number of rotatable bonds is 4. The Labute approximate surface area is 163 Å². The van der Waals surface area contributed by atoms with Gasteiger partial charge in [-0.3, -0.25) is 9.59 Å². The van der Waals surface area contributed by atoms with Gasteiger partial charge in [-0.1, -0.05) is 42.5 Å². The molecule has 28 heavy (non-hydrogen) atoms. The van der Waals surface area contributed by atoms with Crippen molar-refractivity contribution in [3.63, 3.8) is 0 Å². The smallest absolute Gasteiger partial charge is 0.267 e. The zero-order valence-corrected chi connectivity index (χ0v) is 15.4. The highest BCUT2D eigenvalue weighted by Gasteiger charge is 2.38. The molecule has 0 fully saturated rings. The summed E-state index contributed by atoms with van der Waals surface area (Å²) in [5, 5.41) is 0. The molecule has 4 rings (SSSR count). The second-order valence-corrected chi connectivity index (χ2v) is 6.47. The van der Waals surface area contributed by atoms with Crippen LogP contribution < -0.4 is 9.47 Å². The van der Waals surface area contributed by atoms with Gasteiger partial charge in [0.15, 0.2) is 0 Å². The topological polar surface area (TPSA) is 55.8 Å². The first-order chi connectivity index (χ1) is 13.7. The maximum atomic E-state index is 13.2. The van der Waals surface area contributed by atoms with Gasteiger partial charge in [0.2, 0.25) is 12.1 Å². The van der Waals surface area contributed by atoms with Crippen LogP contribution in [0.15, 0.2) is 78.9 Å². The molecule has 5 nitrogen and oxygen atoms in total. The fourth-order valence-corrected chi connectivity index (χ4v) is 3.24. The number of hydrogen-bond donors (Lipinski definition) is 0. The van der Waals surface area contributed by atoms with Gasteiger partial charge in [-0.25, -0.2) is 4.90 Å². The number of amides is 2. The van der Waals surface area contributed by atoms with E-state index in [1.54, 1.807) is 55.6 Å². The summed E-state index contributed by atoms with van der Waals surface area (Å²) in [4.78, 5) is 27.5. The second-order valence-electron chi connectivity index (χ2n) is 6.47. The van der Waals surface area contributed by atoms with Crippen LogP contribution in [0.3, 0.4) is 0 Å². The summed E-state index contributed by atoms with van der Waals surface area (Å²) in [6.45, 7) is 0. The number of fused-ring (bicyclic) bond motifs is 1. The number of imide groups is 1. The fraction of sp³-hybridized carbons (Fsp3) is 0.130. The molecule has 1 heterocycles. The molecule has 140 valence electrons. The number of nitrogens with zero attached hydrogens (tertiary/aromatic N) is 1. The lowest BCUT2D eigenvalue weighted by atomic mass is 10.0. The lowest BCUT2D eigenvalue weighted by Crippen LogP contribution is -2.46. The van der Waals surface area contributed by atoms with E-state index in [1.165, 1.54) is 4.90 Å². The quantitative estimate of drug-likeness (QED) is 0.694. The van der Waals surface area contributed by atoms with Crippen LogP contribution in [0.25, 0.3) is 0 Å². The molecule has 2 amide bonds. The first-order valence-electron chi connectivity index (χ1n) is 8.97. The van der Waals surface area contributed by atoms with Crippen LogP contribution in [0.5, 0.6) is 11.5 Å². The van der Waals surface area contributed by atoms with Crippen LogP contribution in [0.4, 0.5) is 0 Å². The van der Waals surface area contributed by atoms with Gasteiger partial charge in [0.25, 0.3) is 5.91 Å². The minimum absolute atomic E-state index is 0.116. The zero-order chi connectivity index (χ0) is 19.5. The number of carbonyl (C=O) groups excluding carboxylic acids is 2. The van der Waals surface area contributed by atoms with Crippen molar-refractivity contribution in [2.45, 2.75) is 12.6 Å². The number of carbonyl (C=O) groups is 2. The number of hydrogen-bond acceptors (Lipinski definition) is 4. The fourth-order valence-electron chi connectivity index (χ4n) is 3.24. The molecule has 0 radical (unpaired) electrons. The van der Waals surface area contributed by atoms with Crippen molar-refractivity contribution in [1.82, 2.24) is 4.90 Å². The lowest BCUT2D eigenvalue weighted by molar-refractivity contribution is -0.135. The van der Waals surface area contributed by atoms with E-state index >= 15 is 0 Å². The van der Waals surface area contributed by atoms with Crippen molar-refractivity contribution in [2.24, 2.45) is 0 Å². The van der Waals surface area contributed by atoms with Crippen LogP contribution in [-0.2, 0) is 11.2 Å². The molecule has 0 aromatic heterocycles. The molecular formula is C23H19NO4. The first kappa shape index (κ1) is 17.8. The Hall–Kier alpha value is -3.60. The van der Waals surface area contributed by atoms with Crippen molar-refractivity contribution in [1.29, 1.82) is 0 Å². The van der Waals surface area contributed by atoms with Gasteiger partial charge >= 0.3 is 0 Å². The normalized spacial score (nSPS) is 15.5. The van der Waals surface area contributed by atoms with Crippen LogP contribution >= 0.6 is 0 Å². The number of benzene rings is 3. The Kier molecular flexibility index (Phi) is 4.81. The van der Waals surface area contributed by atoms with Gasteiger partial charge in [-0.15, -0.1) is 0 Å². The highest BCUT2D eigenvalue weighted by atomic mass is 16.5. The number of methoxy groups -OCH3 is 1. The third kappa shape index (κ3) is 3.34. The largest absolute Gasteiger partial charge is 0.497 e. The molecule has 0 unspecified atom stereocenters. The summed E-state index contributed by atoms with van der Waals surface area (Å²) in [6.07, 6.45) is -0.713. The van der Waals surface area contributed by atoms with E-state index in [-0.39, 0.29) is 18.2 Å². The van der Waals surface area contributed by atoms with Gasteiger partial charge in [-0.05, 0) is 42.0 Å². The van der Waals surface area contributed by atoms with E-state index < -0.39 is 6.23 Å². The summed E-state index contributed by atoms with van der Waals surface area (Å²) in [6, 6.07) is 23.5. The monoisotopic (exact) mass is 373 g/mol. The molecule has 5 heteroatoms. The zero-order valence-electron chi connectivity index (χ0n) is 15.4. The van der Waals surface area contributed by atoms with E-state index in [2.05, 4.69) is 0 Å². The molecule has 0 saturated heterocycles. The second kappa shape index (κ2) is 7.56. The Morgan fingerprint density at radius 2 is 1.64 bits per heavy atom. The molecule has 1 aliphatic heterocycles. The molecule has 0 N–H and O–H groups in total. The summed E-state index contributed by atoms with van der Waals surface area (Å²) in [5.74, 6) is 0.487. The predicted octanol–water partition coefficient (Wildman–Crippen LogP) is 4.00. The summed E-state index contributed by atoms with van der Waals surface area (Å²) >= 11 is 0. The number of ether oxygens (including phenoxy) is 2. The molecule has 1 atom stereocenters.